The molecule has 2 rings (SSSR count). The third-order valence-corrected chi connectivity index (χ3v) is 5.68. The van der Waals surface area contributed by atoms with Crippen molar-refractivity contribution in [2.45, 2.75) is 31.7 Å². The number of thiophene rings is 1. The van der Waals surface area contributed by atoms with Gasteiger partial charge in [-0.25, -0.2) is 17.5 Å². The summed E-state index contributed by atoms with van der Waals surface area (Å²) in [5.74, 6) is -0.854. The summed E-state index contributed by atoms with van der Waals surface area (Å²) in [5, 5.41) is 0. The van der Waals surface area contributed by atoms with E-state index < -0.39 is 26.8 Å². The summed E-state index contributed by atoms with van der Waals surface area (Å²) in [7, 11) is -3.94. The molecule has 21 heavy (non-hydrogen) atoms. The Kier molecular flexibility index (Phi) is 4.36. The molecule has 0 aliphatic carbocycles. The van der Waals surface area contributed by atoms with E-state index in [4.69, 9.17) is 5.73 Å². The molecule has 0 bridgehead atoms. The second kappa shape index (κ2) is 5.75. The zero-order valence-corrected chi connectivity index (χ0v) is 13.6. The average Bonchev–Trinajstić information content (AvgIpc) is 2.67. The van der Waals surface area contributed by atoms with Gasteiger partial charge >= 0.3 is 0 Å². The van der Waals surface area contributed by atoms with Crippen LogP contribution >= 0.6 is 11.3 Å². The van der Waals surface area contributed by atoms with Crippen molar-refractivity contribution in [3.63, 3.8) is 0 Å². The first-order chi connectivity index (χ1) is 9.70. The lowest BCUT2D eigenvalue weighted by molar-refractivity contribution is 0.547. The number of rotatable bonds is 4. The van der Waals surface area contributed by atoms with Crippen molar-refractivity contribution in [1.29, 1.82) is 0 Å². The highest BCUT2D eigenvalue weighted by atomic mass is 32.2. The summed E-state index contributed by atoms with van der Waals surface area (Å²) in [6, 6.07) is 5.04. The molecular weight excluding hydrogens is 311 g/mol. The van der Waals surface area contributed by atoms with E-state index in [1.54, 1.807) is 18.3 Å². The number of nitrogens with one attached hydrogen (secondary N) is 1. The van der Waals surface area contributed by atoms with Gasteiger partial charge in [0.2, 0.25) is 10.0 Å². The first-order valence-corrected chi connectivity index (χ1v) is 8.65. The number of nitrogen functional groups attached to an aromatic ring is 1. The average molecular weight is 328 g/mol. The normalized spacial score (nSPS) is 13.3. The highest BCUT2D eigenvalue weighted by Crippen LogP contribution is 2.27. The van der Waals surface area contributed by atoms with Gasteiger partial charge in [-0.3, -0.25) is 0 Å². The molecule has 114 valence electrons. The van der Waals surface area contributed by atoms with Crippen LogP contribution in [0.5, 0.6) is 0 Å². The third kappa shape index (κ3) is 3.42. The Labute approximate surface area is 127 Å². The molecule has 3 N–H and O–H groups in total. The fraction of sp³-hybridized carbons (Fsp3) is 0.286. The Morgan fingerprint density at radius 2 is 1.95 bits per heavy atom. The van der Waals surface area contributed by atoms with Crippen molar-refractivity contribution < 1.29 is 12.8 Å². The number of hydrogen-bond donors (Lipinski definition) is 2. The number of benzene rings is 1. The van der Waals surface area contributed by atoms with E-state index in [1.807, 2.05) is 19.9 Å². The minimum Gasteiger partial charge on any atom is -0.399 e. The van der Waals surface area contributed by atoms with Crippen LogP contribution in [-0.4, -0.2) is 8.42 Å². The number of nitrogens with two attached hydrogens (primary N) is 1. The molecule has 7 heteroatoms. The molecule has 1 atom stereocenters. The van der Waals surface area contributed by atoms with Crippen molar-refractivity contribution >= 4 is 27.0 Å². The van der Waals surface area contributed by atoms with Crippen molar-refractivity contribution in [2.24, 2.45) is 0 Å². The number of hydrogen-bond acceptors (Lipinski definition) is 4. The summed E-state index contributed by atoms with van der Waals surface area (Å²) in [5.41, 5.74) is 6.52. The Balaban J connectivity index is 2.31. The maximum atomic E-state index is 13.8. The molecule has 2 aromatic rings. The van der Waals surface area contributed by atoms with Gasteiger partial charge in [-0.05, 0) is 50.6 Å². The molecule has 0 radical (unpaired) electrons. The predicted octanol–water partition coefficient (Wildman–Crippen LogP) is 3.13. The second-order valence-corrected chi connectivity index (χ2v) is 8.04. The van der Waals surface area contributed by atoms with Crippen LogP contribution in [0.15, 0.2) is 29.2 Å². The molecule has 0 spiro atoms. The minimum absolute atomic E-state index is 0.184. The van der Waals surface area contributed by atoms with Gasteiger partial charge in [-0.1, -0.05) is 0 Å². The first kappa shape index (κ1) is 15.9. The van der Waals surface area contributed by atoms with Gasteiger partial charge in [-0.2, -0.15) is 0 Å². The summed E-state index contributed by atoms with van der Waals surface area (Å²) in [6.07, 6.45) is 0. The van der Waals surface area contributed by atoms with E-state index in [9.17, 15) is 12.8 Å². The monoisotopic (exact) mass is 328 g/mol. The zero-order valence-electron chi connectivity index (χ0n) is 12.0. The van der Waals surface area contributed by atoms with E-state index >= 15 is 0 Å². The van der Waals surface area contributed by atoms with Gasteiger partial charge in [0.1, 0.15) is 10.7 Å². The summed E-state index contributed by atoms with van der Waals surface area (Å²) in [6.45, 7) is 5.63. The Bertz CT molecular complexity index is 769. The predicted molar refractivity (Wildman–Crippen MR) is 83.3 cm³/mol. The molecule has 1 aromatic heterocycles. The van der Waals surface area contributed by atoms with Crippen molar-refractivity contribution in [3.05, 3.63) is 45.4 Å². The van der Waals surface area contributed by atoms with Crippen molar-refractivity contribution in [2.75, 3.05) is 5.73 Å². The third-order valence-electron chi connectivity index (χ3n) is 3.12. The largest absolute Gasteiger partial charge is 0.399 e. The van der Waals surface area contributed by atoms with E-state index in [-0.39, 0.29) is 5.69 Å². The highest BCUT2D eigenvalue weighted by Gasteiger charge is 2.23. The van der Waals surface area contributed by atoms with Crippen LogP contribution < -0.4 is 10.5 Å². The SMILES string of the molecule is Cc1cc(C(C)NS(=O)(=O)c2ccc(N)cc2F)c(C)s1. The molecule has 0 fully saturated rings. The van der Waals surface area contributed by atoms with Crippen LogP contribution in [0.4, 0.5) is 10.1 Å². The summed E-state index contributed by atoms with van der Waals surface area (Å²) < 4.78 is 40.8. The van der Waals surface area contributed by atoms with Gasteiger partial charge in [0.15, 0.2) is 0 Å². The van der Waals surface area contributed by atoms with Crippen LogP contribution in [-0.2, 0) is 10.0 Å². The molecule has 0 saturated heterocycles. The second-order valence-electron chi connectivity index (χ2n) is 4.90. The van der Waals surface area contributed by atoms with Gasteiger partial charge < -0.3 is 5.73 Å². The molecule has 0 saturated carbocycles. The van der Waals surface area contributed by atoms with Crippen molar-refractivity contribution in [1.82, 2.24) is 4.72 Å². The smallest absolute Gasteiger partial charge is 0.244 e. The van der Waals surface area contributed by atoms with E-state index in [0.717, 1.165) is 21.4 Å². The fourth-order valence-electron chi connectivity index (χ4n) is 2.18. The van der Waals surface area contributed by atoms with Gasteiger partial charge in [-0.15, -0.1) is 11.3 Å². The molecular formula is C14H17FN2O2S2. The van der Waals surface area contributed by atoms with Crippen LogP contribution in [0.2, 0.25) is 0 Å². The van der Waals surface area contributed by atoms with Gasteiger partial charge in [0.05, 0.1) is 0 Å². The summed E-state index contributed by atoms with van der Waals surface area (Å²) >= 11 is 1.60. The number of anilines is 1. The van der Waals surface area contributed by atoms with E-state index in [1.165, 1.54) is 12.1 Å². The molecule has 1 heterocycles. The molecule has 0 amide bonds. The number of aryl methyl sites for hydroxylation is 2. The lowest BCUT2D eigenvalue weighted by Crippen LogP contribution is -2.27. The van der Waals surface area contributed by atoms with Crippen molar-refractivity contribution in [3.8, 4) is 0 Å². The lowest BCUT2D eigenvalue weighted by atomic mass is 10.1. The molecule has 0 aliphatic rings. The zero-order chi connectivity index (χ0) is 15.8. The van der Waals surface area contributed by atoms with Crippen LogP contribution in [0.1, 0.15) is 28.3 Å². The molecule has 1 aromatic carbocycles. The van der Waals surface area contributed by atoms with Crippen LogP contribution in [0.25, 0.3) is 0 Å². The van der Waals surface area contributed by atoms with Crippen LogP contribution in [0.3, 0.4) is 0 Å². The van der Waals surface area contributed by atoms with Crippen LogP contribution in [0, 0.1) is 19.7 Å². The topological polar surface area (TPSA) is 72.2 Å². The Morgan fingerprint density at radius 3 is 2.48 bits per heavy atom. The minimum atomic E-state index is -3.94. The lowest BCUT2D eigenvalue weighted by Gasteiger charge is -2.15. The maximum Gasteiger partial charge on any atom is 0.244 e. The first-order valence-electron chi connectivity index (χ1n) is 6.35. The van der Waals surface area contributed by atoms with E-state index in [2.05, 4.69) is 4.72 Å². The molecule has 0 aliphatic heterocycles. The standard InChI is InChI=1S/C14H17FN2O2S2/c1-8-6-12(10(3)20-8)9(2)17-21(18,19)14-5-4-11(16)7-13(14)15/h4-7,9,17H,16H2,1-3H3. The molecule has 4 nitrogen and oxygen atoms in total. The quantitative estimate of drug-likeness (QED) is 0.847. The fourth-order valence-corrected chi connectivity index (χ4v) is 4.48. The number of halogens is 1. The maximum absolute atomic E-state index is 13.8. The Hall–Kier alpha value is -1.44. The van der Waals surface area contributed by atoms with E-state index in [0.29, 0.717) is 0 Å². The summed E-state index contributed by atoms with van der Waals surface area (Å²) in [4.78, 5) is 1.75. The Morgan fingerprint density at radius 1 is 1.29 bits per heavy atom. The highest BCUT2D eigenvalue weighted by molar-refractivity contribution is 7.89. The van der Waals surface area contributed by atoms with Gasteiger partial charge in [0, 0.05) is 21.5 Å². The molecule has 1 unspecified atom stereocenters. The van der Waals surface area contributed by atoms with Gasteiger partial charge in [0.25, 0.3) is 0 Å². The number of sulfonamides is 1.